The monoisotopic (exact) mass is 266 g/mol. The molecule has 1 saturated heterocycles. The van der Waals surface area contributed by atoms with Crippen LogP contribution in [0.3, 0.4) is 0 Å². The minimum atomic E-state index is -0.110. The van der Waals surface area contributed by atoms with Gasteiger partial charge in [0.1, 0.15) is 0 Å². The second-order valence-electron chi connectivity index (χ2n) is 6.66. The lowest BCUT2D eigenvalue weighted by atomic mass is 9.99. The average molecular weight is 266 g/mol. The van der Waals surface area contributed by atoms with E-state index >= 15 is 0 Å². The Morgan fingerprint density at radius 2 is 1.89 bits per heavy atom. The van der Waals surface area contributed by atoms with E-state index in [4.69, 9.17) is 10.5 Å². The smallest absolute Gasteiger partial charge is 0.0950 e. The first kappa shape index (κ1) is 14.5. The van der Waals surface area contributed by atoms with E-state index in [1.54, 1.807) is 0 Å². The minimum Gasteiger partial charge on any atom is -0.367 e. The Kier molecular flexibility index (Phi) is 3.99. The van der Waals surface area contributed by atoms with Crippen molar-refractivity contribution in [3.8, 4) is 0 Å². The number of ether oxygens (including phenoxy) is 1. The molecule has 0 spiro atoms. The van der Waals surface area contributed by atoms with Crippen LogP contribution in [0.2, 0.25) is 0 Å². The molecule has 0 amide bonds. The maximum atomic E-state index is 6.09. The molecule has 0 aliphatic carbocycles. The van der Waals surface area contributed by atoms with Crippen molar-refractivity contribution < 1.29 is 4.74 Å². The van der Waals surface area contributed by atoms with Crippen LogP contribution in [0.5, 0.6) is 0 Å². The molecule has 0 saturated carbocycles. The van der Waals surface area contributed by atoms with Crippen molar-refractivity contribution in [2.45, 2.75) is 52.0 Å². The average Bonchev–Trinajstić information content (AvgIpc) is 2.60. The largest absolute Gasteiger partial charge is 0.367 e. The second-order valence-corrected chi connectivity index (χ2v) is 6.66. The van der Waals surface area contributed by atoms with Crippen molar-refractivity contribution in [1.82, 2.24) is 14.5 Å². The van der Waals surface area contributed by atoms with E-state index in [9.17, 15) is 0 Å². The Bertz CT molecular complexity index is 409. The van der Waals surface area contributed by atoms with Gasteiger partial charge in [0.25, 0.3) is 0 Å². The van der Waals surface area contributed by atoms with Gasteiger partial charge < -0.3 is 15.0 Å². The number of nitrogens with two attached hydrogens (primary N) is 1. The lowest BCUT2D eigenvalue weighted by molar-refractivity contribution is -0.182. The van der Waals surface area contributed by atoms with Crippen molar-refractivity contribution in [2.24, 2.45) is 5.73 Å². The Hall–Kier alpha value is -0.910. The van der Waals surface area contributed by atoms with Gasteiger partial charge in [-0.2, -0.15) is 0 Å². The molecule has 0 atom stereocenters. The van der Waals surface area contributed by atoms with Crippen molar-refractivity contribution in [1.29, 1.82) is 0 Å². The van der Waals surface area contributed by atoms with Gasteiger partial charge >= 0.3 is 0 Å². The van der Waals surface area contributed by atoms with Crippen molar-refractivity contribution >= 4 is 0 Å². The van der Waals surface area contributed by atoms with Crippen molar-refractivity contribution in [3.63, 3.8) is 0 Å². The molecular formula is C14H26N4O. The van der Waals surface area contributed by atoms with Crippen LogP contribution in [-0.4, -0.2) is 45.3 Å². The quantitative estimate of drug-likeness (QED) is 0.890. The second kappa shape index (κ2) is 5.23. The first-order valence-electron chi connectivity index (χ1n) is 6.93. The number of nitrogens with zero attached hydrogens (tertiary/aromatic N) is 3. The molecule has 0 radical (unpaired) electrons. The predicted octanol–water partition coefficient (Wildman–Crippen LogP) is 1.23. The molecule has 1 fully saturated rings. The Morgan fingerprint density at radius 1 is 1.26 bits per heavy atom. The van der Waals surface area contributed by atoms with Crippen LogP contribution in [0.25, 0.3) is 0 Å². The van der Waals surface area contributed by atoms with Crippen LogP contribution in [0.1, 0.15) is 33.4 Å². The molecule has 5 heteroatoms. The van der Waals surface area contributed by atoms with Crippen LogP contribution in [0, 0.1) is 0 Å². The van der Waals surface area contributed by atoms with E-state index in [-0.39, 0.29) is 11.2 Å². The molecule has 1 aromatic rings. The molecular weight excluding hydrogens is 240 g/mol. The number of rotatable bonds is 4. The number of hydrogen-bond acceptors (Lipinski definition) is 4. The summed E-state index contributed by atoms with van der Waals surface area (Å²) in [5, 5.41) is 0. The van der Waals surface area contributed by atoms with Crippen LogP contribution >= 0.6 is 0 Å². The third-order valence-electron chi connectivity index (χ3n) is 3.22. The van der Waals surface area contributed by atoms with Gasteiger partial charge in [-0.3, -0.25) is 4.90 Å². The minimum absolute atomic E-state index is 0.110. The van der Waals surface area contributed by atoms with Crippen LogP contribution in [-0.2, 0) is 17.8 Å². The number of morpholine rings is 1. The Labute approximate surface area is 115 Å². The molecule has 0 aromatic carbocycles. The molecule has 1 aliphatic heterocycles. The summed E-state index contributed by atoms with van der Waals surface area (Å²) in [4.78, 5) is 6.86. The highest BCUT2D eigenvalue weighted by Gasteiger charge is 2.38. The maximum Gasteiger partial charge on any atom is 0.0950 e. The molecule has 108 valence electrons. The summed E-state index contributed by atoms with van der Waals surface area (Å²) < 4.78 is 8.14. The van der Waals surface area contributed by atoms with E-state index in [2.05, 4.69) is 43.8 Å². The number of hydrogen-bond donors (Lipinski definition) is 1. The first-order chi connectivity index (χ1) is 8.80. The lowest BCUT2D eigenvalue weighted by Gasteiger charge is -2.47. The molecule has 0 bridgehead atoms. The number of imidazole rings is 1. The highest BCUT2D eigenvalue weighted by molar-refractivity contribution is 4.99. The lowest BCUT2D eigenvalue weighted by Crippen LogP contribution is -2.56. The molecule has 1 aromatic heterocycles. The van der Waals surface area contributed by atoms with Gasteiger partial charge in [0.2, 0.25) is 0 Å². The standard InChI is InChI=1S/C14H26N4O/c1-13(2)9-18(10-14(3,4)19-13)8-12-7-17(6-5-15)11-16-12/h7,11H,5-6,8-10,15H2,1-4H3. The third-order valence-corrected chi connectivity index (χ3v) is 3.22. The summed E-state index contributed by atoms with van der Waals surface area (Å²) in [7, 11) is 0. The summed E-state index contributed by atoms with van der Waals surface area (Å²) in [6.45, 7) is 12.8. The van der Waals surface area contributed by atoms with Gasteiger partial charge in [-0.1, -0.05) is 0 Å². The van der Waals surface area contributed by atoms with Gasteiger partial charge in [-0.15, -0.1) is 0 Å². The Balaban J connectivity index is 2.01. The normalized spacial score (nSPS) is 22.6. The van der Waals surface area contributed by atoms with Crippen LogP contribution < -0.4 is 5.73 Å². The maximum absolute atomic E-state index is 6.09. The van der Waals surface area contributed by atoms with Gasteiger partial charge in [0, 0.05) is 38.9 Å². The molecule has 5 nitrogen and oxygen atoms in total. The molecule has 2 heterocycles. The summed E-state index contributed by atoms with van der Waals surface area (Å²) in [5.41, 5.74) is 6.43. The summed E-state index contributed by atoms with van der Waals surface area (Å²) in [6, 6.07) is 0. The van der Waals surface area contributed by atoms with E-state index in [0.29, 0.717) is 6.54 Å². The van der Waals surface area contributed by atoms with Crippen LogP contribution in [0.15, 0.2) is 12.5 Å². The zero-order valence-electron chi connectivity index (χ0n) is 12.5. The molecule has 19 heavy (non-hydrogen) atoms. The zero-order chi connectivity index (χ0) is 14.1. The highest BCUT2D eigenvalue weighted by atomic mass is 16.5. The first-order valence-corrected chi connectivity index (χ1v) is 6.93. The predicted molar refractivity (Wildman–Crippen MR) is 75.8 cm³/mol. The van der Waals surface area contributed by atoms with Crippen LogP contribution in [0.4, 0.5) is 0 Å². The van der Waals surface area contributed by atoms with Gasteiger partial charge in [0.15, 0.2) is 0 Å². The number of aromatic nitrogens is 2. The molecule has 2 rings (SSSR count). The fourth-order valence-electron chi connectivity index (χ4n) is 3.05. The molecule has 2 N–H and O–H groups in total. The van der Waals surface area contributed by atoms with Crippen molar-refractivity contribution in [3.05, 3.63) is 18.2 Å². The van der Waals surface area contributed by atoms with Gasteiger partial charge in [-0.05, 0) is 27.7 Å². The van der Waals surface area contributed by atoms with Gasteiger partial charge in [-0.25, -0.2) is 4.98 Å². The molecule has 0 unspecified atom stereocenters. The summed E-state index contributed by atoms with van der Waals surface area (Å²) >= 11 is 0. The molecule has 1 aliphatic rings. The zero-order valence-corrected chi connectivity index (χ0v) is 12.5. The topological polar surface area (TPSA) is 56.3 Å². The van der Waals surface area contributed by atoms with Gasteiger partial charge in [0.05, 0.1) is 23.2 Å². The Morgan fingerprint density at radius 3 is 2.47 bits per heavy atom. The van der Waals surface area contributed by atoms with Crippen molar-refractivity contribution in [2.75, 3.05) is 19.6 Å². The fourth-order valence-corrected chi connectivity index (χ4v) is 3.05. The SMILES string of the molecule is CC1(C)CN(Cc2cn(CCN)cn2)CC(C)(C)O1. The van der Waals surface area contributed by atoms with E-state index in [0.717, 1.165) is 31.9 Å². The van der Waals surface area contributed by atoms with E-state index in [1.165, 1.54) is 0 Å². The third kappa shape index (κ3) is 4.03. The summed E-state index contributed by atoms with van der Waals surface area (Å²) in [6.07, 6.45) is 3.95. The fraction of sp³-hybridized carbons (Fsp3) is 0.786. The highest BCUT2D eigenvalue weighted by Crippen LogP contribution is 2.28. The summed E-state index contributed by atoms with van der Waals surface area (Å²) in [5.74, 6) is 0. The van der Waals surface area contributed by atoms with E-state index in [1.807, 2.05) is 10.9 Å². The van der Waals surface area contributed by atoms with E-state index < -0.39 is 0 Å².